The van der Waals surface area contributed by atoms with Gasteiger partial charge in [0.1, 0.15) is 5.75 Å². The average molecular weight is 266 g/mol. The summed E-state index contributed by atoms with van der Waals surface area (Å²) in [6, 6.07) is 17.6. The minimum absolute atomic E-state index is 0.480. The largest absolute Gasteiger partial charge is 0.496 e. The zero-order valence-corrected chi connectivity index (χ0v) is 11.1. The summed E-state index contributed by atoms with van der Waals surface area (Å²) in [5.74, 6) is 1.80. The first-order chi connectivity index (χ1) is 9.86. The van der Waals surface area contributed by atoms with Crippen LogP contribution in [0, 0.1) is 0 Å². The van der Waals surface area contributed by atoms with Crippen LogP contribution in [0.1, 0.15) is 11.5 Å². The first-order valence-electron chi connectivity index (χ1n) is 6.36. The molecule has 0 atom stereocenters. The number of hydrogen-bond donors (Lipinski definition) is 0. The standard InChI is InChI=1S/C16H14N2O2/c1-19-14-10-6-5-9-13(14)16-18-17-15(20-16)11-12-7-3-2-4-8-12/h2-10H,11H2,1H3. The van der Waals surface area contributed by atoms with E-state index in [4.69, 9.17) is 9.15 Å². The van der Waals surface area contributed by atoms with Crippen molar-refractivity contribution >= 4 is 0 Å². The number of methoxy groups -OCH3 is 1. The zero-order chi connectivity index (χ0) is 13.8. The van der Waals surface area contributed by atoms with E-state index >= 15 is 0 Å². The van der Waals surface area contributed by atoms with E-state index in [9.17, 15) is 0 Å². The normalized spacial score (nSPS) is 10.4. The topological polar surface area (TPSA) is 48.2 Å². The molecule has 0 amide bonds. The molecule has 0 fully saturated rings. The number of hydrogen-bond acceptors (Lipinski definition) is 4. The average Bonchev–Trinajstić information content (AvgIpc) is 2.96. The van der Waals surface area contributed by atoms with E-state index < -0.39 is 0 Å². The molecule has 0 N–H and O–H groups in total. The Labute approximate surface area is 117 Å². The van der Waals surface area contributed by atoms with Gasteiger partial charge in [0.2, 0.25) is 5.89 Å². The summed E-state index contributed by atoms with van der Waals surface area (Å²) >= 11 is 0. The monoisotopic (exact) mass is 266 g/mol. The summed E-state index contributed by atoms with van der Waals surface area (Å²) in [6.07, 6.45) is 0.628. The highest BCUT2D eigenvalue weighted by Crippen LogP contribution is 2.28. The van der Waals surface area contributed by atoms with Crippen molar-refractivity contribution < 1.29 is 9.15 Å². The van der Waals surface area contributed by atoms with E-state index in [-0.39, 0.29) is 0 Å². The Kier molecular flexibility index (Phi) is 3.46. The van der Waals surface area contributed by atoms with Gasteiger partial charge >= 0.3 is 0 Å². The summed E-state index contributed by atoms with van der Waals surface area (Å²) in [6.45, 7) is 0. The van der Waals surface area contributed by atoms with Gasteiger partial charge < -0.3 is 9.15 Å². The van der Waals surface area contributed by atoms with Crippen LogP contribution in [0.5, 0.6) is 5.75 Å². The first-order valence-corrected chi connectivity index (χ1v) is 6.36. The Morgan fingerprint density at radius 2 is 1.70 bits per heavy atom. The summed E-state index contributed by atoms with van der Waals surface area (Å²) in [5.41, 5.74) is 1.95. The molecule has 4 nitrogen and oxygen atoms in total. The molecule has 0 aliphatic rings. The minimum atomic E-state index is 0.480. The second-order valence-corrected chi connectivity index (χ2v) is 4.36. The lowest BCUT2D eigenvalue weighted by molar-refractivity contribution is 0.413. The van der Waals surface area contributed by atoms with Gasteiger partial charge in [-0.05, 0) is 17.7 Å². The van der Waals surface area contributed by atoms with Crippen molar-refractivity contribution in [1.82, 2.24) is 10.2 Å². The molecule has 20 heavy (non-hydrogen) atoms. The smallest absolute Gasteiger partial charge is 0.251 e. The lowest BCUT2D eigenvalue weighted by Crippen LogP contribution is -1.87. The molecule has 4 heteroatoms. The maximum atomic E-state index is 5.71. The Morgan fingerprint density at radius 1 is 0.950 bits per heavy atom. The summed E-state index contributed by atoms with van der Waals surface area (Å²) in [7, 11) is 1.63. The van der Waals surface area contributed by atoms with Crippen molar-refractivity contribution in [3.05, 3.63) is 66.1 Å². The molecule has 0 radical (unpaired) electrons. The highest BCUT2D eigenvalue weighted by atomic mass is 16.5. The van der Waals surface area contributed by atoms with Gasteiger partial charge in [0.15, 0.2) is 0 Å². The van der Waals surface area contributed by atoms with Gasteiger partial charge in [0.25, 0.3) is 5.89 Å². The summed E-state index contributed by atoms with van der Waals surface area (Å²) in [5, 5.41) is 8.19. The van der Waals surface area contributed by atoms with Crippen molar-refractivity contribution in [2.24, 2.45) is 0 Å². The third-order valence-electron chi connectivity index (χ3n) is 3.00. The second-order valence-electron chi connectivity index (χ2n) is 4.36. The van der Waals surface area contributed by atoms with Gasteiger partial charge in [-0.15, -0.1) is 10.2 Å². The highest BCUT2D eigenvalue weighted by Gasteiger charge is 2.12. The van der Waals surface area contributed by atoms with Crippen molar-refractivity contribution in [2.45, 2.75) is 6.42 Å². The summed E-state index contributed by atoms with van der Waals surface area (Å²) in [4.78, 5) is 0. The lowest BCUT2D eigenvalue weighted by atomic mass is 10.1. The van der Waals surface area contributed by atoms with Crippen molar-refractivity contribution in [3.8, 4) is 17.2 Å². The fraction of sp³-hybridized carbons (Fsp3) is 0.125. The molecule has 2 aromatic carbocycles. The van der Waals surface area contributed by atoms with Crippen molar-refractivity contribution in [1.29, 1.82) is 0 Å². The van der Waals surface area contributed by atoms with E-state index in [1.165, 1.54) is 0 Å². The molecule has 0 aliphatic carbocycles. The molecule has 1 aromatic heterocycles. The predicted octanol–water partition coefficient (Wildman–Crippen LogP) is 3.34. The highest BCUT2D eigenvalue weighted by molar-refractivity contribution is 5.62. The molecule has 3 aromatic rings. The van der Waals surface area contributed by atoms with E-state index in [0.717, 1.165) is 16.9 Å². The third kappa shape index (κ3) is 2.54. The fourth-order valence-electron chi connectivity index (χ4n) is 2.03. The van der Waals surface area contributed by atoms with Crippen LogP contribution in [0.25, 0.3) is 11.5 Å². The zero-order valence-electron chi connectivity index (χ0n) is 11.1. The predicted molar refractivity (Wildman–Crippen MR) is 75.5 cm³/mol. The van der Waals surface area contributed by atoms with Crippen LogP contribution in [0.2, 0.25) is 0 Å². The quantitative estimate of drug-likeness (QED) is 0.726. The second kappa shape index (κ2) is 5.57. The van der Waals surface area contributed by atoms with Crippen LogP contribution < -0.4 is 4.74 Å². The van der Waals surface area contributed by atoms with Gasteiger partial charge in [-0.3, -0.25) is 0 Å². The number of rotatable bonds is 4. The maximum Gasteiger partial charge on any atom is 0.251 e. The van der Waals surface area contributed by atoms with Gasteiger partial charge in [-0.1, -0.05) is 42.5 Å². The molecule has 1 heterocycles. The molecule has 0 unspecified atom stereocenters. The number of benzene rings is 2. The lowest BCUT2D eigenvalue weighted by Gasteiger charge is -2.03. The molecule has 0 saturated heterocycles. The van der Waals surface area contributed by atoms with E-state index in [1.54, 1.807) is 7.11 Å². The van der Waals surface area contributed by atoms with E-state index in [0.29, 0.717) is 18.2 Å². The molecular formula is C16H14N2O2. The molecule has 3 rings (SSSR count). The Balaban J connectivity index is 1.87. The van der Waals surface area contributed by atoms with Crippen molar-refractivity contribution in [2.75, 3.05) is 7.11 Å². The van der Waals surface area contributed by atoms with E-state index in [2.05, 4.69) is 10.2 Å². The van der Waals surface area contributed by atoms with Crippen LogP contribution in [-0.4, -0.2) is 17.3 Å². The van der Waals surface area contributed by atoms with Crippen LogP contribution in [-0.2, 0) is 6.42 Å². The van der Waals surface area contributed by atoms with Crippen LogP contribution in [0.4, 0.5) is 0 Å². The molecule has 0 saturated carbocycles. The fourth-order valence-corrected chi connectivity index (χ4v) is 2.03. The molecule has 100 valence electrons. The third-order valence-corrected chi connectivity index (χ3v) is 3.00. The Morgan fingerprint density at radius 3 is 2.50 bits per heavy atom. The number of para-hydroxylation sites is 1. The first kappa shape index (κ1) is 12.4. The number of aromatic nitrogens is 2. The van der Waals surface area contributed by atoms with Gasteiger partial charge in [-0.25, -0.2) is 0 Å². The number of ether oxygens (including phenoxy) is 1. The number of nitrogens with zero attached hydrogens (tertiary/aromatic N) is 2. The minimum Gasteiger partial charge on any atom is -0.496 e. The van der Waals surface area contributed by atoms with Crippen LogP contribution in [0.15, 0.2) is 59.0 Å². The van der Waals surface area contributed by atoms with Crippen LogP contribution >= 0.6 is 0 Å². The Bertz CT molecular complexity index is 692. The van der Waals surface area contributed by atoms with E-state index in [1.807, 2.05) is 54.6 Å². The molecule has 0 aliphatic heterocycles. The van der Waals surface area contributed by atoms with Gasteiger partial charge in [-0.2, -0.15) is 0 Å². The maximum absolute atomic E-state index is 5.71. The summed E-state index contributed by atoms with van der Waals surface area (Å²) < 4.78 is 11.0. The molecule has 0 spiro atoms. The molecule has 0 bridgehead atoms. The molecular weight excluding hydrogens is 252 g/mol. The van der Waals surface area contributed by atoms with Gasteiger partial charge in [0, 0.05) is 0 Å². The Hall–Kier alpha value is -2.62. The SMILES string of the molecule is COc1ccccc1-c1nnc(Cc2ccccc2)o1. The van der Waals surface area contributed by atoms with Crippen LogP contribution in [0.3, 0.4) is 0 Å². The van der Waals surface area contributed by atoms with Crippen molar-refractivity contribution in [3.63, 3.8) is 0 Å². The van der Waals surface area contributed by atoms with Gasteiger partial charge in [0.05, 0.1) is 19.1 Å².